The highest BCUT2D eigenvalue weighted by Gasteiger charge is 2.40. The normalized spacial score (nSPS) is 24.7. The van der Waals surface area contributed by atoms with Crippen LogP contribution >= 0.6 is 0 Å². The molecule has 1 aliphatic heterocycles. The zero-order valence-corrected chi connectivity index (χ0v) is 15.9. The van der Waals surface area contributed by atoms with Gasteiger partial charge in [0, 0.05) is 26.7 Å². The molecule has 2 rings (SSSR count). The fourth-order valence-corrected chi connectivity index (χ4v) is 3.10. The van der Waals surface area contributed by atoms with Crippen molar-refractivity contribution in [1.82, 2.24) is 0 Å². The monoisotopic (exact) mass is 378 g/mol. The molecule has 1 aromatic rings. The summed E-state index contributed by atoms with van der Waals surface area (Å²) >= 11 is 0. The van der Waals surface area contributed by atoms with E-state index in [9.17, 15) is 14.4 Å². The van der Waals surface area contributed by atoms with Crippen LogP contribution in [0.4, 0.5) is 0 Å². The molecule has 1 saturated heterocycles. The number of carbonyl (C=O) groups excluding carboxylic acids is 3. The number of hydrogen-bond donors (Lipinski definition) is 0. The smallest absolute Gasteiger partial charge is 0.306 e. The highest BCUT2D eigenvalue weighted by atomic mass is 16.6. The van der Waals surface area contributed by atoms with Crippen LogP contribution in [0.15, 0.2) is 30.3 Å². The van der Waals surface area contributed by atoms with Crippen molar-refractivity contribution in [2.45, 2.75) is 71.1 Å². The van der Waals surface area contributed by atoms with E-state index in [2.05, 4.69) is 0 Å². The topological polar surface area (TPSA) is 88.1 Å². The van der Waals surface area contributed by atoms with Crippen molar-refractivity contribution in [3.63, 3.8) is 0 Å². The number of benzene rings is 1. The maximum absolute atomic E-state index is 12.0. The number of esters is 3. The molecule has 1 fully saturated rings. The maximum atomic E-state index is 12.0. The third-order valence-corrected chi connectivity index (χ3v) is 4.26. The summed E-state index contributed by atoms with van der Waals surface area (Å²) in [5.74, 6) is -1.23. The summed E-state index contributed by atoms with van der Waals surface area (Å²) in [5, 5.41) is 0. The lowest BCUT2D eigenvalue weighted by Gasteiger charge is -2.39. The van der Waals surface area contributed by atoms with E-state index in [4.69, 9.17) is 18.9 Å². The Balaban J connectivity index is 1.84. The molecule has 0 aromatic heterocycles. The third kappa shape index (κ3) is 7.02. The lowest BCUT2D eigenvalue weighted by Crippen LogP contribution is -2.50. The van der Waals surface area contributed by atoms with E-state index in [0.717, 1.165) is 5.56 Å². The minimum Gasteiger partial charge on any atom is -0.461 e. The number of rotatable bonds is 7. The van der Waals surface area contributed by atoms with Gasteiger partial charge in [-0.05, 0) is 18.9 Å². The first-order chi connectivity index (χ1) is 12.8. The Kier molecular flexibility index (Phi) is 7.79. The molecule has 1 aliphatic rings. The Labute approximate surface area is 158 Å². The van der Waals surface area contributed by atoms with Crippen LogP contribution in [0, 0.1) is 0 Å². The first-order valence-electron chi connectivity index (χ1n) is 9.04. The molecule has 0 N–H and O–H groups in total. The molecule has 0 radical (unpaired) electrons. The standard InChI is InChI=1S/C20H26O7/c1-13-20(27-15(3)22)18(26-14(2)21)11-17(25-13)9-10-19(23)24-12-16-7-5-4-6-8-16/h4-8,13,17-18,20H,9-12H2,1-3H3/t13-,17-,18-,20-/m0/s1. The van der Waals surface area contributed by atoms with Crippen LogP contribution in [0.2, 0.25) is 0 Å². The second-order valence-corrected chi connectivity index (χ2v) is 6.61. The number of hydrogen-bond acceptors (Lipinski definition) is 7. The Bertz CT molecular complexity index is 643. The molecule has 0 aliphatic carbocycles. The van der Waals surface area contributed by atoms with Gasteiger partial charge in [-0.25, -0.2) is 0 Å². The van der Waals surface area contributed by atoms with E-state index in [-0.39, 0.29) is 25.1 Å². The third-order valence-electron chi connectivity index (χ3n) is 4.26. The molecule has 4 atom stereocenters. The Morgan fingerprint density at radius 1 is 1.07 bits per heavy atom. The molecule has 7 nitrogen and oxygen atoms in total. The SMILES string of the molecule is CC(=O)O[C@H]1[C@H](C)O[C@@H](CCC(=O)OCc2ccccc2)C[C@@H]1OC(C)=O. The van der Waals surface area contributed by atoms with E-state index >= 15 is 0 Å². The van der Waals surface area contributed by atoms with Gasteiger partial charge >= 0.3 is 17.9 Å². The van der Waals surface area contributed by atoms with Gasteiger partial charge in [0.25, 0.3) is 0 Å². The summed E-state index contributed by atoms with van der Waals surface area (Å²) in [6.07, 6.45) is -1.02. The van der Waals surface area contributed by atoms with E-state index in [1.54, 1.807) is 6.92 Å². The number of carbonyl (C=O) groups is 3. The van der Waals surface area contributed by atoms with Crippen molar-refractivity contribution in [3.05, 3.63) is 35.9 Å². The number of ether oxygens (including phenoxy) is 4. The van der Waals surface area contributed by atoms with Crippen LogP contribution in [0.5, 0.6) is 0 Å². The Hall–Kier alpha value is -2.41. The minimum absolute atomic E-state index is 0.190. The lowest BCUT2D eigenvalue weighted by molar-refractivity contribution is -0.204. The molecule has 0 saturated carbocycles. The summed E-state index contributed by atoms with van der Waals surface area (Å²) in [6, 6.07) is 9.44. The fraction of sp³-hybridized carbons (Fsp3) is 0.550. The zero-order chi connectivity index (χ0) is 19.8. The van der Waals surface area contributed by atoms with E-state index in [0.29, 0.717) is 12.8 Å². The van der Waals surface area contributed by atoms with Crippen LogP contribution in [0.3, 0.4) is 0 Å². The average Bonchev–Trinajstić information content (AvgIpc) is 2.61. The largest absolute Gasteiger partial charge is 0.461 e. The molecule has 0 bridgehead atoms. The molecule has 0 unspecified atom stereocenters. The van der Waals surface area contributed by atoms with E-state index < -0.39 is 30.3 Å². The van der Waals surface area contributed by atoms with Crippen molar-refractivity contribution in [3.8, 4) is 0 Å². The van der Waals surface area contributed by atoms with Gasteiger partial charge in [0.1, 0.15) is 12.7 Å². The molecule has 1 heterocycles. The summed E-state index contributed by atoms with van der Waals surface area (Å²) < 4.78 is 21.7. The van der Waals surface area contributed by atoms with Gasteiger partial charge in [-0.15, -0.1) is 0 Å². The van der Waals surface area contributed by atoms with Crippen LogP contribution in [0.1, 0.15) is 45.6 Å². The minimum atomic E-state index is -0.660. The summed E-state index contributed by atoms with van der Waals surface area (Å²) in [4.78, 5) is 34.6. The highest BCUT2D eigenvalue weighted by Crippen LogP contribution is 2.28. The van der Waals surface area contributed by atoms with Crippen LogP contribution in [-0.2, 0) is 39.9 Å². The van der Waals surface area contributed by atoms with Crippen LogP contribution in [-0.4, -0.2) is 42.3 Å². The van der Waals surface area contributed by atoms with Gasteiger partial charge in [-0.1, -0.05) is 30.3 Å². The van der Waals surface area contributed by atoms with Gasteiger partial charge in [0.15, 0.2) is 6.10 Å². The van der Waals surface area contributed by atoms with Crippen LogP contribution in [0.25, 0.3) is 0 Å². The van der Waals surface area contributed by atoms with Crippen molar-refractivity contribution in [2.24, 2.45) is 0 Å². The molecular formula is C20H26O7. The molecule has 1 aromatic carbocycles. The molecule has 0 spiro atoms. The first kappa shape index (κ1) is 20.9. The molecule has 7 heteroatoms. The second-order valence-electron chi connectivity index (χ2n) is 6.61. The van der Waals surface area contributed by atoms with Gasteiger partial charge in [0.05, 0.1) is 12.2 Å². The predicted octanol–water partition coefficient (Wildman–Crippen LogP) is 2.55. The van der Waals surface area contributed by atoms with E-state index in [1.807, 2.05) is 30.3 Å². The molecular weight excluding hydrogens is 352 g/mol. The molecule has 27 heavy (non-hydrogen) atoms. The van der Waals surface area contributed by atoms with Gasteiger partial charge in [0.2, 0.25) is 0 Å². The zero-order valence-electron chi connectivity index (χ0n) is 15.9. The average molecular weight is 378 g/mol. The van der Waals surface area contributed by atoms with Gasteiger partial charge in [-0.2, -0.15) is 0 Å². The van der Waals surface area contributed by atoms with Crippen molar-refractivity contribution in [1.29, 1.82) is 0 Å². The summed E-state index contributed by atoms with van der Waals surface area (Å²) in [7, 11) is 0. The van der Waals surface area contributed by atoms with Crippen molar-refractivity contribution >= 4 is 17.9 Å². The second kappa shape index (κ2) is 10.1. The van der Waals surface area contributed by atoms with E-state index in [1.165, 1.54) is 13.8 Å². The molecule has 0 amide bonds. The lowest BCUT2D eigenvalue weighted by atomic mass is 9.95. The molecule has 148 valence electrons. The Morgan fingerprint density at radius 2 is 1.74 bits per heavy atom. The maximum Gasteiger partial charge on any atom is 0.306 e. The summed E-state index contributed by atoms with van der Waals surface area (Å²) in [5.41, 5.74) is 0.924. The fourth-order valence-electron chi connectivity index (χ4n) is 3.10. The van der Waals surface area contributed by atoms with Gasteiger partial charge < -0.3 is 18.9 Å². The van der Waals surface area contributed by atoms with Crippen LogP contribution < -0.4 is 0 Å². The summed E-state index contributed by atoms with van der Waals surface area (Å²) in [6.45, 7) is 4.59. The quantitative estimate of drug-likeness (QED) is 0.532. The van der Waals surface area contributed by atoms with Crippen molar-refractivity contribution in [2.75, 3.05) is 0 Å². The van der Waals surface area contributed by atoms with Gasteiger partial charge in [-0.3, -0.25) is 14.4 Å². The van der Waals surface area contributed by atoms with Crippen molar-refractivity contribution < 1.29 is 33.3 Å². The first-order valence-corrected chi connectivity index (χ1v) is 9.04. The highest BCUT2D eigenvalue weighted by molar-refractivity contribution is 5.69. The predicted molar refractivity (Wildman–Crippen MR) is 95.5 cm³/mol. The Morgan fingerprint density at radius 3 is 2.37 bits per heavy atom.